The second kappa shape index (κ2) is 8.61. The molecule has 1 aromatic carbocycles. The molecule has 4 unspecified atom stereocenters. The van der Waals surface area contributed by atoms with E-state index in [2.05, 4.69) is 19.9 Å². The SMILES string of the molecule is CC(=Cc1ccc(OCC2CO2)cc1OCC1CO1)CC(C)OCC1CO1. The van der Waals surface area contributed by atoms with Crippen molar-refractivity contribution in [3.63, 3.8) is 0 Å². The first kappa shape index (κ1) is 18.7. The Kier molecular flexibility index (Phi) is 5.98. The normalized spacial score (nSPS) is 27.2. The summed E-state index contributed by atoms with van der Waals surface area (Å²) in [6, 6.07) is 5.97. The van der Waals surface area contributed by atoms with Gasteiger partial charge < -0.3 is 28.4 Å². The molecule has 0 radical (unpaired) electrons. The van der Waals surface area contributed by atoms with E-state index in [0.29, 0.717) is 25.9 Å². The second-order valence-electron chi connectivity index (χ2n) is 7.53. The lowest BCUT2D eigenvalue weighted by Gasteiger charge is -2.14. The zero-order valence-electron chi connectivity index (χ0n) is 16.0. The largest absolute Gasteiger partial charge is 0.491 e. The fraction of sp³-hybridized carbons (Fsp3) is 0.619. The van der Waals surface area contributed by atoms with Crippen LogP contribution in [-0.4, -0.2) is 64.1 Å². The highest BCUT2D eigenvalue weighted by molar-refractivity contribution is 5.61. The average molecular weight is 376 g/mol. The molecule has 3 aliphatic heterocycles. The Morgan fingerprint density at radius 2 is 1.67 bits per heavy atom. The van der Waals surface area contributed by atoms with Gasteiger partial charge in [-0.1, -0.05) is 11.6 Å². The average Bonchev–Trinajstić information content (AvgIpc) is 3.51. The van der Waals surface area contributed by atoms with Gasteiger partial charge in [0.15, 0.2) is 0 Å². The van der Waals surface area contributed by atoms with Crippen molar-refractivity contribution in [1.82, 2.24) is 0 Å². The summed E-state index contributed by atoms with van der Waals surface area (Å²) in [5.41, 5.74) is 2.28. The minimum atomic E-state index is 0.163. The van der Waals surface area contributed by atoms with E-state index in [1.807, 2.05) is 18.2 Å². The Bertz CT molecular complexity index is 661. The van der Waals surface area contributed by atoms with Gasteiger partial charge in [0.25, 0.3) is 0 Å². The predicted octanol–water partition coefficient (Wildman–Crippen LogP) is 2.84. The van der Waals surface area contributed by atoms with Gasteiger partial charge in [0.05, 0.1) is 32.5 Å². The summed E-state index contributed by atoms with van der Waals surface area (Å²) < 4.78 is 33.2. The summed E-state index contributed by atoms with van der Waals surface area (Å²) in [4.78, 5) is 0. The summed E-state index contributed by atoms with van der Waals surface area (Å²) in [5.74, 6) is 1.62. The number of hydrogen-bond acceptors (Lipinski definition) is 6. The van der Waals surface area contributed by atoms with Crippen LogP contribution in [0.25, 0.3) is 6.08 Å². The van der Waals surface area contributed by atoms with Crippen LogP contribution in [0.4, 0.5) is 0 Å². The van der Waals surface area contributed by atoms with E-state index in [4.69, 9.17) is 28.4 Å². The van der Waals surface area contributed by atoms with Crippen molar-refractivity contribution >= 4 is 6.08 Å². The molecule has 0 N–H and O–H groups in total. The molecular weight excluding hydrogens is 348 g/mol. The Balaban J connectivity index is 1.37. The highest BCUT2D eigenvalue weighted by Crippen LogP contribution is 2.29. The minimum absolute atomic E-state index is 0.163. The zero-order chi connectivity index (χ0) is 18.6. The molecule has 0 saturated carbocycles. The predicted molar refractivity (Wildman–Crippen MR) is 100 cm³/mol. The van der Waals surface area contributed by atoms with E-state index in [-0.39, 0.29) is 18.3 Å². The van der Waals surface area contributed by atoms with Crippen molar-refractivity contribution in [2.75, 3.05) is 39.6 Å². The van der Waals surface area contributed by atoms with E-state index in [0.717, 1.165) is 43.3 Å². The van der Waals surface area contributed by atoms with Gasteiger partial charge in [-0.15, -0.1) is 0 Å². The smallest absolute Gasteiger partial charge is 0.130 e. The van der Waals surface area contributed by atoms with E-state index in [1.165, 1.54) is 5.57 Å². The number of rotatable bonds is 12. The molecule has 0 amide bonds. The third kappa shape index (κ3) is 6.50. The number of hydrogen-bond donors (Lipinski definition) is 0. The molecule has 4 atom stereocenters. The highest BCUT2D eigenvalue weighted by Gasteiger charge is 2.25. The van der Waals surface area contributed by atoms with Crippen molar-refractivity contribution < 1.29 is 28.4 Å². The van der Waals surface area contributed by atoms with Gasteiger partial charge in [0.2, 0.25) is 0 Å². The third-order valence-corrected chi connectivity index (χ3v) is 4.63. The Morgan fingerprint density at radius 1 is 1.04 bits per heavy atom. The van der Waals surface area contributed by atoms with Gasteiger partial charge in [-0.05, 0) is 32.4 Å². The lowest BCUT2D eigenvalue weighted by molar-refractivity contribution is 0.0550. The molecule has 27 heavy (non-hydrogen) atoms. The minimum Gasteiger partial charge on any atom is -0.491 e. The maximum Gasteiger partial charge on any atom is 0.130 e. The van der Waals surface area contributed by atoms with Crippen LogP contribution in [0, 0.1) is 0 Å². The number of epoxide rings is 3. The third-order valence-electron chi connectivity index (χ3n) is 4.63. The molecule has 1 aromatic rings. The quantitative estimate of drug-likeness (QED) is 0.523. The summed E-state index contributed by atoms with van der Waals surface area (Å²) in [6.45, 7) is 8.44. The second-order valence-corrected chi connectivity index (χ2v) is 7.53. The van der Waals surface area contributed by atoms with E-state index < -0.39 is 0 Å². The van der Waals surface area contributed by atoms with Crippen molar-refractivity contribution in [3.05, 3.63) is 29.3 Å². The van der Waals surface area contributed by atoms with Gasteiger partial charge >= 0.3 is 0 Å². The van der Waals surface area contributed by atoms with Crippen LogP contribution < -0.4 is 9.47 Å². The summed E-state index contributed by atoms with van der Waals surface area (Å²) >= 11 is 0. The molecule has 6 heteroatoms. The van der Waals surface area contributed by atoms with Gasteiger partial charge in [-0.25, -0.2) is 0 Å². The standard InChI is InChI=1S/C21H28O6/c1-14(5-15(2)22-8-18-10-24-18)6-16-3-4-17(23-9-19-11-25-19)7-21(16)27-13-20-12-26-20/h3-4,6-7,15,18-20H,5,8-13H2,1-2H3. The summed E-state index contributed by atoms with van der Waals surface area (Å²) in [6.07, 6.45) is 3.94. The molecule has 0 spiro atoms. The molecule has 3 fully saturated rings. The lowest BCUT2D eigenvalue weighted by Crippen LogP contribution is -2.12. The molecule has 0 aliphatic carbocycles. The van der Waals surface area contributed by atoms with E-state index >= 15 is 0 Å². The molecule has 0 aromatic heterocycles. The Labute approximate surface area is 160 Å². The molecule has 6 nitrogen and oxygen atoms in total. The van der Waals surface area contributed by atoms with Gasteiger partial charge in [0.1, 0.15) is 43.0 Å². The van der Waals surface area contributed by atoms with Gasteiger partial charge in [-0.3, -0.25) is 0 Å². The van der Waals surface area contributed by atoms with Crippen molar-refractivity contribution in [2.24, 2.45) is 0 Å². The van der Waals surface area contributed by atoms with Crippen molar-refractivity contribution in [2.45, 2.75) is 44.7 Å². The first-order valence-electron chi connectivity index (χ1n) is 9.69. The molecule has 3 heterocycles. The van der Waals surface area contributed by atoms with Crippen LogP contribution in [0.1, 0.15) is 25.8 Å². The van der Waals surface area contributed by atoms with Gasteiger partial charge in [0, 0.05) is 11.6 Å². The van der Waals surface area contributed by atoms with Crippen LogP contribution in [0.15, 0.2) is 23.8 Å². The molecule has 3 aliphatic rings. The number of ether oxygens (including phenoxy) is 6. The van der Waals surface area contributed by atoms with Crippen LogP contribution in [0.3, 0.4) is 0 Å². The molecule has 148 valence electrons. The Morgan fingerprint density at radius 3 is 2.33 bits per heavy atom. The maximum atomic E-state index is 5.99. The monoisotopic (exact) mass is 376 g/mol. The molecular formula is C21H28O6. The summed E-state index contributed by atoms with van der Waals surface area (Å²) in [7, 11) is 0. The fourth-order valence-electron chi connectivity index (χ4n) is 2.82. The van der Waals surface area contributed by atoms with E-state index in [9.17, 15) is 0 Å². The molecule has 4 rings (SSSR count). The van der Waals surface area contributed by atoms with Crippen LogP contribution in [0.2, 0.25) is 0 Å². The maximum absolute atomic E-state index is 5.99. The zero-order valence-corrected chi connectivity index (χ0v) is 16.0. The van der Waals surface area contributed by atoms with Crippen LogP contribution in [0.5, 0.6) is 11.5 Å². The number of benzene rings is 1. The fourth-order valence-corrected chi connectivity index (χ4v) is 2.82. The highest BCUT2D eigenvalue weighted by atomic mass is 16.6. The first-order valence-corrected chi connectivity index (χ1v) is 9.69. The van der Waals surface area contributed by atoms with Crippen molar-refractivity contribution in [1.29, 1.82) is 0 Å². The first-order chi connectivity index (χ1) is 13.2. The molecule has 0 bridgehead atoms. The van der Waals surface area contributed by atoms with Gasteiger partial charge in [-0.2, -0.15) is 0 Å². The molecule has 3 saturated heterocycles. The summed E-state index contributed by atoms with van der Waals surface area (Å²) in [5, 5.41) is 0. The topological polar surface area (TPSA) is 65.3 Å². The van der Waals surface area contributed by atoms with Crippen LogP contribution >= 0.6 is 0 Å². The van der Waals surface area contributed by atoms with E-state index in [1.54, 1.807) is 0 Å². The Hall–Kier alpha value is -1.60. The van der Waals surface area contributed by atoms with Crippen LogP contribution in [-0.2, 0) is 18.9 Å². The lowest BCUT2D eigenvalue weighted by atomic mass is 10.1. The van der Waals surface area contributed by atoms with Crippen molar-refractivity contribution in [3.8, 4) is 11.5 Å².